The molecule has 0 aliphatic carbocycles. The lowest BCUT2D eigenvalue weighted by Crippen LogP contribution is -2.41. The molecule has 6 bridgehead atoms. The quantitative estimate of drug-likeness (QED) is 0.382. The summed E-state index contributed by atoms with van der Waals surface area (Å²) >= 11 is 0. The molecular formula is C26H24N4O2. The minimum atomic E-state index is -0.109. The molecule has 0 N–H and O–H groups in total. The first-order valence-electron chi connectivity index (χ1n) is 11.3. The molecule has 2 aromatic heterocycles. The molecule has 1 saturated heterocycles. The number of ether oxygens (including phenoxy) is 1. The lowest BCUT2D eigenvalue weighted by Gasteiger charge is -2.33. The van der Waals surface area contributed by atoms with Crippen molar-refractivity contribution in [1.82, 2.24) is 15.0 Å². The van der Waals surface area contributed by atoms with Gasteiger partial charge in [0, 0.05) is 24.7 Å². The first-order valence-corrected chi connectivity index (χ1v) is 11.3. The minimum Gasteiger partial charge on any atom is -0.460 e. The van der Waals surface area contributed by atoms with Crippen LogP contribution < -0.4 is 4.90 Å². The molecule has 0 amide bonds. The highest BCUT2D eigenvalue weighted by atomic mass is 16.5. The summed E-state index contributed by atoms with van der Waals surface area (Å²) in [6.07, 6.45) is 7.27. The van der Waals surface area contributed by atoms with Crippen molar-refractivity contribution in [2.24, 2.45) is 0 Å². The van der Waals surface area contributed by atoms with Crippen LogP contribution in [0.1, 0.15) is 31.2 Å². The normalized spacial score (nSPS) is 18.9. The van der Waals surface area contributed by atoms with Crippen LogP contribution in [0.4, 0.5) is 5.82 Å². The fourth-order valence-electron chi connectivity index (χ4n) is 5.07. The number of carbonyl (C=O) groups is 1. The van der Waals surface area contributed by atoms with Crippen LogP contribution in [0.2, 0.25) is 0 Å². The van der Waals surface area contributed by atoms with E-state index < -0.39 is 0 Å². The van der Waals surface area contributed by atoms with Crippen LogP contribution in [-0.4, -0.2) is 40.1 Å². The second kappa shape index (κ2) is 7.86. The average Bonchev–Trinajstić information content (AvgIpc) is 2.82. The van der Waals surface area contributed by atoms with Crippen LogP contribution in [0.3, 0.4) is 0 Å². The molecule has 160 valence electrons. The average molecular weight is 425 g/mol. The summed E-state index contributed by atoms with van der Waals surface area (Å²) in [5, 5.41) is 3.29. The topological polar surface area (TPSA) is 68.2 Å². The molecule has 1 atom stereocenters. The summed E-state index contributed by atoms with van der Waals surface area (Å²) in [7, 11) is 0. The molecule has 3 aliphatic heterocycles. The number of pyridine rings is 1. The maximum atomic E-state index is 12.6. The van der Waals surface area contributed by atoms with Crippen LogP contribution in [-0.2, 0) is 16.0 Å². The Kier molecular flexibility index (Phi) is 4.71. The molecule has 0 spiro atoms. The number of esters is 1. The third-order valence-corrected chi connectivity index (χ3v) is 6.57. The van der Waals surface area contributed by atoms with Crippen LogP contribution in [0.5, 0.6) is 0 Å². The number of benzene rings is 2. The maximum Gasteiger partial charge on any atom is 0.306 e. The van der Waals surface area contributed by atoms with Gasteiger partial charge in [0.25, 0.3) is 0 Å². The van der Waals surface area contributed by atoms with E-state index >= 15 is 0 Å². The number of anilines is 1. The molecule has 6 heteroatoms. The smallest absolute Gasteiger partial charge is 0.306 e. The third-order valence-electron chi connectivity index (χ3n) is 6.57. The Hall–Kier alpha value is -3.54. The fraction of sp³-hybridized carbons (Fsp3) is 0.308. The molecule has 5 heterocycles. The van der Waals surface area contributed by atoms with E-state index in [2.05, 4.69) is 57.3 Å². The minimum absolute atomic E-state index is 0.106. The van der Waals surface area contributed by atoms with Gasteiger partial charge in [-0.25, -0.2) is 9.97 Å². The van der Waals surface area contributed by atoms with Crippen LogP contribution in [0.15, 0.2) is 55.0 Å². The van der Waals surface area contributed by atoms with E-state index in [-0.39, 0.29) is 12.1 Å². The Morgan fingerprint density at radius 2 is 1.91 bits per heavy atom. The summed E-state index contributed by atoms with van der Waals surface area (Å²) in [5.41, 5.74) is 4.10. The summed E-state index contributed by atoms with van der Waals surface area (Å²) < 4.78 is 5.85. The molecular weight excluding hydrogens is 400 g/mol. The monoisotopic (exact) mass is 424 g/mol. The van der Waals surface area contributed by atoms with Gasteiger partial charge in [0.05, 0.1) is 23.1 Å². The zero-order valence-corrected chi connectivity index (χ0v) is 17.8. The highest BCUT2D eigenvalue weighted by Gasteiger charge is 2.25. The lowest BCUT2D eigenvalue weighted by molar-refractivity contribution is -0.149. The first-order chi connectivity index (χ1) is 15.8. The van der Waals surface area contributed by atoms with Crippen molar-refractivity contribution in [3.8, 4) is 11.3 Å². The second-order valence-electron chi connectivity index (χ2n) is 8.66. The van der Waals surface area contributed by atoms with E-state index in [1.807, 2.05) is 6.20 Å². The number of fused-ring (bicyclic) bond motifs is 5. The largest absolute Gasteiger partial charge is 0.460 e. The second-order valence-corrected chi connectivity index (χ2v) is 8.66. The number of piperidine rings is 1. The molecule has 2 aromatic carbocycles. The van der Waals surface area contributed by atoms with Gasteiger partial charge < -0.3 is 9.64 Å². The van der Waals surface area contributed by atoms with Crippen LogP contribution >= 0.6 is 0 Å². The van der Waals surface area contributed by atoms with Gasteiger partial charge in [0.1, 0.15) is 18.2 Å². The van der Waals surface area contributed by atoms with Gasteiger partial charge in [-0.1, -0.05) is 36.4 Å². The highest BCUT2D eigenvalue weighted by molar-refractivity contribution is 6.00. The molecule has 6 nitrogen and oxygen atoms in total. The molecule has 1 fully saturated rings. The highest BCUT2D eigenvalue weighted by Crippen LogP contribution is 2.34. The Balaban J connectivity index is 1.56. The molecule has 32 heavy (non-hydrogen) atoms. The number of aryl methyl sites for hydroxylation is 1. The summed E-state index contributed by atoms with van der Waals surface area (Å²) in [5.74, 6) is 0.753. The van der Waals surface area contributed by atoms with Crippen molar-refractivity contribution >= 4 is 33.5 Å². The Bertz CT molecular complexity index is 1330. The molecule has 3 aliphatic rings. The van der Waals surface area contributed by atoms with E-state index in [0.29, 0.717) is 13.0 Å². The first kappa shape index (κ1) is 19.2. The lowest BCUT2D eigenvalue weighted by atomic mass is 9.94. The van der Waals surface area contributed by atoms with Crippen molar-refractivity contribution < 1.29 is 9.53 Å². The van der Waals surface area contributed by atoms with E-state index in [1.54, 1.807) is 6.33 Å². The molecule has 0 saturated carbocycles. The zero-order valence-electron chi connectivity index (χ0n) is 17.8. The van der Waals surface area contributed by atoms with Crippen molar-refractivity contribution in [2.75, 3.05) is 18.0 Å². The Morgan fingerprint density at radius 3 is 2.84 bits per heavy atom. The molecule has 0 radical (unpaired) electrons. The van der Waals surface area contributed by atoms with Crippen LogP contribution in [0, 0.1) is 0 Å². The Morgan fingerprint density at radius 1 is 1.00 bits per heavy atom. The number of nitrogens with zero attached hydrogens (tertiary/aromatic N) is 4. The van der Waals surface area contributed by atoms with E-state index in [0.717, 1.165) is 60.2 Å². The Labute approximate surface area is 186 Å². The van der Waals surface area contributed by atoms with Gasteiger partial charge in [-0.05, 0) is 48.1 Å². The predicted octanol–water partition coefficient (Wildman–Crippen LogP) is 4.69. The summed E-state index contributed by atoms with van der Waals surface area (Å²) in [6.45, 7) is 1.54. The van der Waals surface area contributed by atoms with Crippen molar-refractivity contribution in [3.63, 3.8) is 0 Å². The van der Waals surface area contributed by atoms with Crippen molar-refractivity contribution in [3.05, 3.63) is 60.6 Å². The van der Waals surface area contributed by atoms with Crippen LogP contribution in [0.25, 0.3) is 32.9 Å². The van der Waals surface area contributed by atoms with Gasteiger partial charge in [-0.3, -0.25) is 9.78 Å². The van der Waals surface area contributed by atoms with Gasteiger partial charge in [0.2, 0.25) is 0 Å². The van der Waals surface area contributed by atoms with Gasteiger partial charge >= 0.3 is 5.97 Å². The molecule has 1 unspecified atom stereocenters. The summed E-state index contributed by atoms with van der Waals surface area (Å²) in [4.78, 5) is 28.8. The number of carbonyl (C=O) groups excluding carboxylic acids is 1. The number of hydrogen-bond donors (Lipinski definition) is 0. The van der Waals surface area contributed by atoms with E-state index in [1.165, 1.54) is 16.3 Å². The number of rotatable bonds is 0. The third kappa shape index (κ3) is 3.36. The van der Waals surface area contributed by atoms with Crippen molar-refractivity contribution in [2.45, 2.75) is 38.2 Å². The number of aromatic nitrogens is 3. The summed E-state index contributed by atoms with van der Waals surface area (Å²) in [6, 6.07) is 14.8. The molecule has 7 rings (SSSR count). The van der Waals surface area contributed by atoms with Gasteiger partial charge in [0.15, 0.2) is 0 Å². The zero-order chi connectivity index (χ0) is 21.5. The van der Waals surface area contributed by atoms with E-state index in [9.17, 15) is 4.79 Å². The van der Waals surface area contributed by atoms with Crippen molar-refractivity contribution in [1.29, 1.82) is 0 Å². The van der Waals surface area contributed by atoms with Gasteiger partial charge in [-0.2, -0.15) is 0 Å². The maximum absolute atomic E-state index is 12.6. The fourth-order valence-corrected chi connectivity index (χ4v) is 5.07. The van der Waals surface area contributed by atoms with E-state index in [4.69, 9.17) is 9.72 Å². The van der Waals surface area contributed by atoms with Gasteiger partial charge in [-0.15, -0.1) is 0 Å². The number of hydrogen-bond acceptors (Lipinski definition) is 6. The standard InChI is InChI=1S/C26H24N4O2/c31-24-11-3-8-18-6-1-5-17-7-2-10-20(25(17)18)22-13-23-21(14-27-22)26(29-16-28-23)30-12-4-9-19(15-30)32-24/h1-2,5-7,10,13-14,16,19H,3-4,8-9,11-12,15H2. The SMILES string of the molecule is O=C1CCCc2cccc3cccc(c23)-c2cc3ncnc(c3cn2)N2CCCC(C2)O1. The predicted molar refractivity (Wildman–Crippen MR) is 125 cm³/mol. The molecule has 4 aromatic rings.